The first-order valence-corrected chi connectivity index (χ1v) is 6.76. The fourth-order valence-corrected chi connectivity index (χ4v) is 2.27. The monoisotopic (exact) mass is 280 g/mol. The molecule has 0 aliphatic rings. The third-order valence-electron chi connectivity index (χ3n) is 3.57. The van der Waals surface area contributed by atoms with Crippen LogP contribution in [0.4, 0.5) is 8.78 Å². The van der Waals surface area contributed by atoms with Crippen molar-refractivity contribution < 1.29 is 8.78 Å². The van der Waals surface area contributed by atoms with Gasteiger partial charge in [-0.2, -0.15) is 0 Å². The lowest BCUT2D eigenvalue weighted by atomic mass is 9.99. The van der Waals surface area contributed by atoms with Gasteiger partial charge in [-0.15, -0.1) is 0 Å². The summed E-state index contributed by atoms with van der Waals surface area (Å²) in [6.07, 6.45) is 0. The van der Waals surface area contributed by atoms with E-state index in [1.54, 1.807) is 31.2 Å². The molecule has 0 spiro atoms. The van der Waals surface area contributed by atoms with Gasteiger partial charge in [-0.05, 0) is 52.9 Å². The van der Waals surface area contributed by atoms with Crippen LogP contribution in [-0.2, 0) is 0 Å². The predicted molar refractivity (Wildman–Crippen MR) is 82.0 cm³/mol. The van der Waals surface area contributed by atoms with Gasteiger partial charge in [-0.3, -0.25) is 0 Å². The number of halogens is 2. The van der Waals surface area contributed by atoms with Crippen molar-refractivity contribution in [2.45, 2.75) is 6.92 Å². The number of aryl methyl sites for hydroxylation is 1. The maximum absolute atomic E-state index is 13.6. The highest BCUT2D eigenvalue weighted by Gasteiger charge is 2.03. The Hall–Kier alpha value is -2.48. The second-order valence-electron chi connectivity index (χ2n) is 5.05. The highest BCUT2D eigenvalue weighted by molar-refractivity contribution is 5.70. The molecule has 0 aliphatic carbocycles. The van der Waals surface area contributed by atoms with E-state index >= 15 is 0 Å². The van der Waals surface area contributed by atoms with E-state index in [0.29, 0.717) is 5.56 Å². The van der Waals surface area contributed by atoms with Crippen molar-refractivity contribution in [3.63, 3.8) is 0 Å². The van der Waals surface area contributed by atoms with Crippen LogP contribution in [0.25, 0.3) is 22.3 Å². The van der Waals surface area contributed by atoms with Crippen LogP contribution >= 0.6 is 0 Å². The first-order chi connectivity index (χ1) is 10.1. The zero-order valence-electron chi connectivity index (χ0n) is 11.6. The summed E-state index contributed by atoms with van der Waals surface area (Å²) in [5, 5.41) is 0. The zero-order valence-corrected chi connectivity index (χ0v) is 11.6. The van der Waals surface area contributed by atoms with Gasteiger partial charge in [0.1, 0.15) is 11.6 Å². The summed E-state index contributed by atoms with van der Waals surface area (Å²) in [5.41, 5.74) is 4.41. The van der Waals surface area contributed by atoms with Crippen molar-refractivity contribution in [2.75, 3.05) is 0 Å². The van der Waals surface area contributed by atoms with Crippen LogP contribution in [0.1, 0.15) is 5.56 Å². The van der Waals surface area contributed by atoms with Crippen molar-refractivity contribution in [3.8, 4) is 22.3 Å². The molecule has 0 saturated carbocycles. The molecule has 0 heterocycles. The van der Waals surface area contributed by atoms with Gasteiger partial charge in [0.25, 0.3) is 0 Å². The lowest BCUT2D eigenvalue weighted by molar-refractivity contribution is 0.619. The van der Waals surface area contributed by atoms with Crippen LogP contribution in [0.2, 0.25) is 0 Å². The predicted octanol–water partition coefficient (Wildman–Crippen LogP) is 5.61. The maximum Gasteiger partial charge on any atom is 0.126 e. The quantitative estimate of drug-likeness (QED) is 0.572. The molecule has 0 radical (unpaired) electrons. The van der Waals surface area contributed by atoms with E-state index in [0.717, 1.165) is 22.3 Å². The molecule has 0 N–H and O–H groups in total. The summed E-state index contributed by atoms with van der Waals surface area (Å²) in [6, 6.07) is 19.4. The number of hydrogen-bond acceptors (Lipinski definition) is 0. The molecular formula is C19H14F2. The Balaban J connectivity index is 1.93. The fraction of sp³-hybridized carbons (Fsp3) is 0.0526. The molecule has 104 valence electrons. The molecule has 0 aliphatic heterocycles. The summed E-state index contributed by atoms with van der Waals surface area (Å²) >= 11 is 0. The molecule has 0 unspecified atom stereocenters. The minimum atomic E-state index is -0.245. The molecule has 0 aromatic heterocycles. The van der Waals surface area contributed by atoms with E-state index in [2.05, 4.69) is 0 Å². The largest absolute Gasteiger partial charge is 0.207 e. The average molecular weight is 280 g/mol. The Kier molecular flexibility index (Phi) is 3.53. The van der Waals surface area contributed by atoms with E-state index in [-0.39, 0.29) is 11.6 Å². The Morgan fingerprint density at radius 3 is 1.52 bits per heavy atom. The number of rotatable bonds is 2. The van der Waals surface area contributed by atoms with Gasteiger partial charge in [0, 0.05) is 0 Å². The van der Waals surface area contributed by atoms with Gasteiger partial charge in [0.15, 0.2) is 0 Å². The number of hydrogen-bond donors (Lipinski definition) is 0. The Morgan fingerprint density at radius 1 is 0.571 bits per heavy atom. The molecule has 0 atom stereocenters. The van der Waals surface area contributed by atoms with Crippen LogP contribution in [-0.4, -0.2) is 0 Å². The minimum absolute atomic E-state index is 0.199. The van der Waals surface area contributed by atoms with Crippen LogP contribution in [0, 0.1) is 18.6 Å². The fourth-order valence-electron chi connectivity index (χ4n) is 2.27. The molecule has 2 heteroatoms. The molecule has 0 amide bonds. The molecule has 0 bridgehead atoms. The zero-order chi connectivity index (χ0) is 14.8. The lowest BCUT2D eigenvalue weighted by Crippen LogP contribution is -1.85. The van der Waals surface area contributed by atoms with Gasteiger partial charge in [-0.25, -0.2) is 8.78 Å². The van der Waals surface area contributed by atoms with Gasteiger partial charge in [0.05, 0.1) is 0 Å². The maximum atomic E-state index is 13.6. The molecular weight excluding hydrogens is 266 g/mol. The lowest BCUT2D eigenvalue weighted by Gasteiger charge is -2.06. The SMILES string of the molecule is Cc1ccc(-c2ccc(-c3ccc(F)cc3)cc2)cc1F. The molecule has 0 fully saturated rings. The van der Waals surface area contributed by atoms with Crippen LogP contribution in [0.5, 0.6) is 0 Å². The average Bonchev–Trinajstić information content (AvgIpc) is 2.51. The first-order valence-electron chi connectivity index (χ1n) is 6.76. The molecule has 0 saturated heterocycles. The summed E-state index contributed by atoms with van der Waals surface area (Å²) < 4.78 is 26.5. The van der Waals surface area contributed by atoms with E-state index in [9.17, 15) is 8.78 Å². The molecule has 3 aromatic rings. The van der Waals surface area contributed by atoms with Crippen molar-refractivity contribution in [3.05, 3.63) is 83.9 Å². The Labute approximate surface area is 122 Å². The second kappa shape index (κ2) is 5.49. The molecule has 21 heavy (non-hydrogen) atoms. The summed E-state index contributed by atoms with van der Waals surface area (Å²) in [4.78, 5) is 0. The van der Waals surface area contributed by atoms with Crippen LogP contribution in [0.15, 0.2) is 66.7 Å². The molecule has 3 rings (SSSR count). The van der Waals surface area contributed by atoms with E-state index in [4.69, 9.17) is 0 Å². The summed E-state index contributed by atoms with van der Waals surface area (Å²) in [7, 11) is 0. The summed E-state index contributed by atoms with van der Waals surface area (Å²) in [5.74, 6) is -0.444. The van der Waals surface area contributed by atoms with Crippen molar-refractivity contribution >= 4 is 0 Å². The van der Waals surface area contributed by atoms with Crippen molar-refractivity contribution in [2.24, 2.45) is 0 Å². The van der Waals surface area contributed by atoms with E-state index < -0.39 is 0 Å². The van der Waals surface area contributed by atoms with Crippen molar-refractivity contribution in [1.82, 2.24) is 0 Å². The third-order valence-corrected chi connectivity index (χ3v) is 3.57. The Morgan fingerprint density at radius 2 is 1.00 bits per heavy atom. The molecule has 3 aromatic carbocycles. The minimum Gasteiger partial charge on any atom is -0.207 e. The van der Waals surface area contributed by atoms with Gasteiger partial charge < -0.3 is 0 Å². The highest BCUT2D eigenvalue weighted by atomic mass is 19.1. The molecule has 0 nitrogen and oxygen atoms in total. The number of benzene rings is 3. The van der Waals surface area contributed by atoms with Crippen LogP contribution in [0.3, 0.4) is 0 Å². The van der Waals surface area contributed by atoms with Gasteiger partial charge in [-0.1, -0.05) is 48.5 Å². The third kappa shape index (κ3) is 2.84. The normalized spacial score (nSPS) is 10.6. The van der Waals surface area contributed by atoms with Gasteiger partial charge in [0.2, 0.25) is 0 Å². The standard InChI is InChI=1S/C19H14F2/c1-13-2-3-17(12-19(13)21)16-6-4-14(5-7-16)15-8-10-18(20)11-9-15/h2-12H,1H3. The van der Waals surface area contributed by atoms with Gasteiger partial charge >= 0.3 is 0 Å². The van der Waals surface area contributed by atoms with E-state index in [1.807, 2.05) is 30.3 Å². The smallest absolute Gasteiger partial charge is 0.126 e. The highest BCUT2D eigenvalue weighted by Crippen LogP contribution is 2.26. The Bertz CT molecular complexity index is 757. The van der Waals surface area contributed by atoms with E-state index in [1.165, 1.54) is 12.1 Å². The summed E-state index contributed by atoms with van der Waals surface area (Å²) in [6.45, 7) is 1.75. The first kappa shape index (κ1) is 13.5. The second-order valence-corrected chi connectivity index (χ2v) is 5.05. The topological polar surface area (TPSA) is 0 Å². The van der Waals surface area contributed by atoms with Crippen molar-refractivity contribution in [1.29, 1.82) is 0 Å². The van der Waals surface area contributed by atoms with Crippen LogP contribution < -0.4 is 0 Å².